The molecule has 6 heteroatoms. The number of aromatic nitrogens is 5. The van der Waals surface area contributed by atoms with Crippen LogP contribution in [0.4, 0.5) is 0 Å². The van der Waals surface area contributed by atoms with Gasteiger partial charge < -0.3 is 0 Å². The molecule has 0 saturated carbocycles. The summed E-state index contributed by atoms with van der Waals surface area (Å²) in [4.78, 5) is 25.9. The average Bonchev–Trinajstić information content (AvgIpc) is 3.31. The number of nitrogens with zero attached hydrogens (tertiary/aromatic N) is 3. The number of H-pyrrole nitrogens is 2. The molecule has 6 nitrogen and oxygen atoms in total. The van der Waals surface area contributed by atoms with Crippen molar-refractivity contribution in [1.29, 1.82) is 0 Å². The minimum atomic E-state index is -0.0104. The van der Waals surface area contributed by atoms with Crippen LogP contribution in [0.1, 0.15) is 16.1 Å². The Labute approximate surface area is 154 Å². The molecule has 0 aliphatic rings. The first-order valence-corrected chi connectivity index (χ1v) is 8.63. The minimum Gasteiger partial charge on any atom is -0.298 e. The third-order valence-corrected chi connectivity index (χ3v) is 4.57. The number of fused-ring (bicyclic) bond motifs is 2. The number of Topliss-reactive ketones (excluding diaryl/α,β-unsaturated/α-hetero) is 1. The molecule has 5 rings (SSSR count). The van der Waals surface area contributed by atoms with Crippen molar-refractivity contribution in [2.75, 3.05) is 0 Å². The highest BCUT2D eigenvalue weighted by molar-refractivity contribution is 6.02. The number of nitrogens with one attached hydrogen (secondary N) is 2. The molecule has 5 aromatic rings. The normalized spacial score (nSPS) is 11.3. The average molecular weight is 353 g/mol. The van der Waals surface area contributed by atoms with Crippen molar-refractivity contribution in [2.24, 2.45) is 0 Å². The lowest BCUT2D eigenvalue weighted by Crippen LogP contribution is -2.03. The number of hydrogen-bond donors (Lipinski definition) is 2. The number of rotatable bonds is 4. The number of ketones is 1. The Kier molecular flexibility index (Phi) is 3.53. The summed E-state index contributed by atoms with van der Waals surface area (Å²) in [6.07, 6.45) is 3.81. The molecule has 0 radical (unpaired) electrons. The van der Waals surface area contributed by atoms with Crippen LogP contribution in [0, 0.1) is 0 Å². The van der Waals surface area contributed by atoms with E-state index < -0.39 is 0 Å². The van der Waals surface area contributed by atoms with Crippen LogP contribution in [0.15, 0.2) is 67.0 Å². The lowest BCUT2D eigenvalue weighted by molar-refractivity contribution is 0.0989. The largest absolute Gasteiger partial charge is 0.298 e. The van der Waals surface area contributed by atoms with Gasteiger partial charge in [-0.3, -0.25) is 20.0 Å². The van der Waals surface area contributed by atoms with Gasteiger partial charge in [0, 0.05) is 24.4 Å². The topological polar surface area (TPSA) is 87.3 Å². The third kappa shape index (κ3) is 2.77. The second-order valence-electron chi connectivity index (χ2n) is 6.38. The van der Waals surface area contributed by atoms with E-state index in [2.05, 4.69) is 20.2 Å². The standard InChI is InChI=1S/C21H15N5O/c27-19(10-13-4-2-1-3-5-13)17-11-16-15(23-17)12-18-21(24-16)20(26-25-18)14-6-8-22-9-7-14/h1-9,11-12,25-26H,10H2. The SMILES string of the molecule is O=C(Cc1ccccc1)c1cc2nc3c(-c4ccncc4)[nH][nH]c3cc2n1. The van der Waals surface area contributed by atoms with Crippen LogP contribution in [0.2, 0.25) is 0 Å². The van der Waals surface area contributed by atoms with E-state index in [1.165, 1.54) is 0 Å². The van der Waals surface area contributed by atoms with Crippen LogP contribution in [0.5, 0.6) is 0 Å². The molecule has 4 heterocycles. The van der Waals surface area contributed by atoms with Gasteiger partial charge in [0.15, 0.2) is 5.78 Å². The molecule has 2 N–H and O–H groups in total. The fourth-order valence-corrected chi connectivity index (χ4v) is 3.22. The Balaban J connectivity index is 1.55. The van der Waals surface area contributed by atoms with Crippen molar-refractivity contribution in [3.8, 4) is 11.3 Å². The van der Waals surface area contributed by atoms with Gasteiger partial charge in [0.1, 0.15) is 11.2 Å². The van der Waals surface area contributed by atoms with Gasteiger partial charge in [-0.2, -0.15) is 0 Å². The predicted molar refractivity (Wildman–Crippen MR) is 103 cm³/mol. The lowest BCUT2D eigenvalue weighted by atomic mass is 10.1. The summed E-state index contributed by atoms with van der Waals surface area (Å²) < 4.78 is 0. The number of carbonyl (C=O) groups is 1. The van der Waals surface area contributed by atoms with Crippen LogP contribution in [-0.4, -0.2) is 30.9 Å². The Hall–Kier alpha value is -3.80. The molecule has 0 atom stereocenters. The van der Waals surface area contributed by atoms with Gasteiger partial charge in [0.2, 0.25) is 0 Å². The first-order valence-electron chi connectivity index (χ1n) is 8.63. The second kappa shape index (κ2) is 6.17. The van der Waals surface area contributed by atoms with Crippen molar-refractivity contribution >= 4 is 27.9 Å². The predicted octanol–water partition coefficient (Wildman–Crippen LogP) is 3.93. The molecule has 130 valence electrons. The quantitative estimate of drug-likeness (QED) is 0.479. The summed E-state index contributed by atoms with van der Waals surface area (Å²) in [7, 11) is 0. The molecule has 0 fully saturated rings. The van der Waals surface area contributed by atoms with E-state index in [-0.39, 0.29) is 5.78 Å². The smallest absolute Gasteiger partial charge is 0.185 e. The van der Waals surface area contributed by atoms with E-state index in [0.717, 1.165) is 27.9 Å². The molecule has 4 aromatic heterocycles. The summed E-state index contributed by atoms with van der Waals surface area (Å²) in [5.74, 6) is -0.0104. The summed E-state index contributed by atoms with van der Waals surface area (Å²) in [5.41, 5.74) is 6.36. The zero-order valence-corrected chi connectivity index (χ0v) is 14.3. The van der Waals surface area contributed by atoms with E-state index in [1.807, 2.05) is 48.5 Å². The fourth-order valence-electron chi connectivity index (χ4n) is 3.22. The van der Waals surface area contributed by atoms with Crippen molar-refractivity contribution in [2.45, 2.75) is 6.42 Å². The number of carbonyl (C=O) groups excluding carboxylic acids is 1. The third-order valence-electron chi connectivity index (χ3n) is 4.57. The van der Waals surface area contributed by atoms with Crippen molar-refractivity contribution < 1.29 is 4.79 Å². The molecule has 0 bridgehead atoms. The number of pyridine rings is 2. The molecule has 0 saturated heterocycles. The molecule has 0 aliphatic carbocycles. The van der Waals surface area contributed by atoms with Crippen LogP contribution in [-0.2, 0) is 6.42 Å². The van der Waals surface area contributed by atoms with E-state index in [0.29, 0.717) is 23.1 Å². The Morgan fingerprint density at radius 1 is 0.889 bits per heavy atom. The van der Waals surface area contributed by atoms with Gasteiger partial charge in [-0.1, -0.05) is 30.3 Å². The maximum Gasteiger partial charge on any atom is 0.185 e. The first-order chi connectivity index (χ1) is 13.3. The van der Waals surface area contributed by atoms with Gasteiger partial charge in [-0.05, 0) is 29.8 Å². The van der Waals surface area contributed by atoms with E-state index in [4.69, 9.17) is 4.98 Å². The second-order valence-corrected chi connectivity index (χ2v) is 6.38. The van der Waals surface area contributed by atoms with Crippen molar-refractivity contribution in [3.05, 3.63) is 78.2 Å². The first kappa shape index (κ1) is 15.5. The van der Waals surface area contributed by atoms with Crippen LogP contribution >= 0.6 is 0 Å². The number of benzene rings is 1. The van der Waals surface area contributed by atoms with E-state index in [1.54, 1.807) is 18.5 Å². The molecular formula is C21H15N5O. The highest BCUT2D eigenvalue weighted by Gasteiger charge is 2.15. The Morgan fingerprint density at radius 3 is 2.48 bits per heavy atom. The molecule has 0 spiro atoms. The summed E-state index contributed by atoms with van der Waals surface area (Å²) in [6.45, 7) is 0. The molecule has 1 aromatic carbocycles. The van der Waals surface area contributed by atoms with Gasteiger partial charge in [0.05, 0.1) is 22.2 Å². The summed E-state index contributed by atoms with van der Waals surface area (Å²) >= 11 is 0. The molecule has 0 amide bonds. The minimum absolute atomic E-state index is 0.0104. The fraction of sp³-hybridized carbons (Fsp3) is 0.0476. The number of hydrogen-bond acceptors (Lipinski definition) is 4. The van der Waals surface area contributed by atoms with Gasteiger partial charge in [-0.15, -0.1) is 0 Å². The zero-order valence-electron chi connectivity index (χ0n) is 14.3. The lowest BCUT2D eigenvalue weighted by Gasteiger charge is -1.97. The highest BCUT2D eigenvalue weighted by Crippen LogP contribution is 2.27. The number of aromatic amines is 2. The highest BCUT2D eigenvalue weighted by atomic mass is 16.1. The molecular weight excluding hydrogens is 338 g/mol. The van der Waals surface area contributed by atoms with Crippen molar-refractivity contribution in [3.63, 3.8) is 0 Å². The van der Waals surface area contributed by atoms with Crippen molar-refractivity contribution in [1.82, 2.24) is 25.1 Å². The Bertz CT molecular complexity index is 1260. The van der Waals surface area contributed by atoms with Crippen LogP contribution in [0.3, 0.4) is 0 Å². The van der Waals surface area contributed by atoms with Crippen LogP contribution < -0.4 is 0 Å². The monoisotopic (exact) mass is 353 g/mol. The van der Waals surface area contributed by atoms with Gasteiger partial charge in [0.25, 0.3) is 0 Å². The van der Waals surface area contributed by atoms with Gasteiger partial charge >= 0.3 is 0 Å². The van der Waals surface area contributed by atoms with E-state index >= 15 is 0 Å². The molecule has 27 heavy (non-hydrogen) atoms. The maximum atomic E-state index is 12.6. The molecule has 0 aliphatic heterocycles. The Morgan fingerprint density at radius 2 is 1.67 bits per heavy atom. The molecule has 0 unspecified atom stereocenters. The summed E-state index contributed by atoms with van der Waals surface area (Å²) in [6, 6.07) is 17.2. The van der Waals surface area contributed by atoms with Gasteiger partial charge in [-0.25, -0.2) is 9.97 Å². The van der Waals surface area contributed by atoms with E-state index in [9.17, 15) is 4.79 Å². The summed E-state index contributed by atoms with van der Waals surface area (Å²) in [5, 5.41) is 6.28. The van der Waals surface area contributed by atoms with Crippen LogP contribution in [0.25, 0.3) is 33.3 Å². The zero-order chi connectivity index (χ0) is 18.2. The maximum absolute atomic E-state index is 12.6.